The summed E-state index contributed by atoms with van der Waals surface area (Å²) in [7, 11) is 0. The van der Waals surface area contributed by atoms with Crippen molar-refractivity contribution in [3.63, 3.8) is 0 Å². The molecule has 2 aliphatic rings. The summed E-state index contributed by atoms with van der Waals surface area (Å²) in [5.41, 5.74) is 0.0125. The number of hydrogen-bond donors (Lipinski definition) is 0. The van der Waals surface area contributed by atoms with Gasteiger partial charge in [0.1, 0.15) is 0 Å². The largest absolute Gasteiger partial charge is 0.376 e. The van der Waals surface area contributed by atoms with E-state index in [1.165, 1.54) is 45.2 Å². The summed E-state index contributed by atoms with van der Waals surface area (Å²) < 4.78 is 12.0. The molecule has 24 heavy (non-hydrogen) atoms. The molecule has 3 nitrogen and oxygen atoms in total. The molecule has 2 atom stereocenters. The minimum atomic E-state index is 0.00219. The molecule has 0 aromatic rings. The molecule has 1 saturated carbocycles. The molecule has 0 unspecified atom stereocenters. The minimum absolute atomic E-state index is 0.00219. The van der Waals surface area contributed by atoms with Crippen molar-refractivity contribution in [2.75, 3.05) is 19.7 Å². The standard InChI is InChI=1S/C21H41NO2/c1-16-12-17(9-11-23-20(2,3)4)8-10-22(16)15-18-13-19(14-18)24-21(5,6)7/h16-19H,8-15H2,1-7H3/t16-,17-,18-,19-/m1/s1. The predicted octanol–water partition coefficient (Wildman–Crippen LogP) is 4.89. The van der Waals surface area contributed by atoms with E-state index in [-0.39, 0.29) is 11.2 Å². The van der Waals surface area contributed by atoms with E-state index in [0.717, 1.165) is 24.5 Å². The zero-order chi connectivity index (χ0) is 18.0. The van der Waals surface area contributed by atoms with Crippen LogP contribution in [0.4, 0.5) is 0 Å². The van der Waals surface area contributed by atoms with Gasteiger partial charge in [-0.05, 0) is 99.0 Å². The van der Waals surface area contributed by atoms with E-state index in [0.29, 0.717) is 6.10 Å². The lowest BCUT2D eigenvalue weighted by Gasteiger charge is -2.45. The van der Waals surface area contributed by atoms with Gasteiger partial charge in [0.15, 0.2) is 0 Å². The summed E-state index contributed by atoms with van der Waals surface area (Å²) in [5, 5.41) is 0. The lowest BCUT2D eigenvalue weighted by atomic mass is 9.80. The first-order chi connectivity index (χ1) is 11.0. The molecular weight excluding hydrogens is 298 g/mol. The van der Waals surface area contributed by atoms with Crippen molar-refractivity contribution >= 4 is 0 Å². The molecule has 0 aromatic carbocycles. The third-order valence-corrected chi connectivity index (χ3v) is 5.39. The molecule has 2 rings (SSSR count). The summed E-state index contributed by atoms with van der Waals surface area (Å²) >= 11 is 0. The van der Waals surface area contributed by atoms with Crippen molar-refractivity contribution in [1.29, 1.82) is 0 Å². The molecule has 0 spiro atoms. The molecule has 0 bridgehead atoms. The first-order valence-corrected chi connectivity index (χ1v) is 10.1. The van der Waals surface area contributed by atoms with Gasteiger partial charge < -0.3 is 14.4 Å². The van der Waals surface area contributed by atoms with Crippen LogP contribution >= 0.6 is 0 Å². The van der Waals surface area contributed by atoms with Gasteiger partial charge in [-0.3, -0.25) is 0 Å². The second-order valence-corrected chi connectivity index (χ2v) is 10.2. The third kappa shape index (κ3) is 7.01. The van der Waals surface area contributed by atoms with E-state index in [1.54, 1.807) is 0 Å². The normalized spacial score (nSPS) is 32.6. The van der Waals surface area contributed by atoms with Crippen LogP contribution in [0.5, 0.6) is 0 Å². The monoisotopic (exact) mass is 339 g/mol. The third-order valence-electron chi connectivity index (χ3n) is 5.39. The van der Waals surface area contributed by atoms with E-state index in [1.807, 2.05) is 0 Å². The van der Waals surface area contributed by atoms with Gasteiger partial charge in [0.05, 0.1) is 17.3 Å². The number of likely N-dealkylation sites (tertiary alicyclic amines) is 1. The fourth-order valence-corrected chi connectivity index (χ4v) is 4.13. The molecule has 0 radical (unpaired) electrons. The number of piperidine rings is 1. The topological polar surface area (TPSA) is 21.7 Å². The Hall–Kier alpha value is -0.120. The van der Waals surface area contributed by atoms with Gasteiger partial charge >= 0.3 is 0 Å². The highest BCUT2D eigenvalue weighted by Gasteiger charge is 2.35. The Kier molecular flexibility index (Phi) is 6.78. The smallest absolute Gasteiger partial charge is 0.0602 e. The van der Waals surface area contributed by atoms with Crippen LogP contribution in [-0.4, -0.2) is 47.9 Å². The van der Waals surface area contributed by atoms with Gasteiger partial charge in [-0.15, -0.1) is 0 Å². The van der Waals surface area contributed by atoms with Crippen LogP contribution in [0.15, 0.2) is 0 Å². The van der Waals surface area contributed by atoms with Crippen molar-refractivity contribution < 1.29 is 9.47 Å². The lowest BCUT2D eigenvalue weighted by Crippen LogP contribution is -2.48. The van der Waals surface area contributed by atoms with Crippen LogP contribution in [0, 0.1) is 11.8 Å². The Morgan fingerprint density at radius 2 is 1.58 bits per heavy atom. The SMILES string of the molecule is C[C@@H]1C[C@@H](CCOC(C)(C)C)CCN1C[C@H]1C[C@H](OC(C)(C)C)C1. The van der Waals surface area contributed by atoms with E-state index in [9.17, 15) is 0 Å². The van der Waals surface area contributed by atoms with Gasteiger partial charge in [0, 0.05) is 19.2 Å². The predicted molar refractivity (Wildman–Crippen MR) is 101 cm³/mol. The number of ether oxygens (including phenoxy) is 2. The quantitative estimate of drug-likeness (QED) is 0.688. The van der Waals surface area contributed by atoms with Crippen LogP contribution in [0.25, 0.3) is 0 Å². The van der Waals surface area contributed by atoms with Crippen LogP contribution < -0.4 is 0 Å². The molecule has 3 heteroatoms. The van der Waals surface area contributed by atoms with E-state index < -0.39 is 0 Å². The van der Waals surface area contributed by atoms with Crippen molar-refractivity contribution in [1.82, 2.24) is 4.90 Å². The van der Waals surface area contributed by atoms with Gasteiger partial charge in [0.25, 0.3) is 0 Å². The second-order valence-electron chi connectivity index (χ2n) is 10.2. The first-order valence-electron chi connectivity index (χ1n) is 10.1. The van der Waals surface area contributed by atoms with Crippen LogP contribution in [0.3, 0.4) is 0 Å². The average Bonchev–Trinajstić information content (AvgIpc) is 2.36. The van der Waals surface area contributed by atoms with Crippen molar-refractivity contribution in [3.05, 3.63) is 0 Å². The van der Waals surface area contributed by atoms with E-state index in [2.05, 4.69) is 53.4 Å². The molecule has 142 valence electrons. The fourth-order valence-electron chi connectivity index (χ4n) is 4.13. The maximum Gasteiger partial charge on any atom is 0.0602 e. The summed E-state index contributed by atoms with van der Waals surface area (Å²) in [6.07, 6.45) is 6.90. The number of rotatable bonds is 6. The zero-order valence-corrected chi connectivity index (χ0v) is 17.2. The van der Waals surface area contributed by atoms with Crippen molar-refractivity contribution in [3.8, 4) is 0 Å². The Bertz CT molecular complexity index is 376. The highest BCUT2D eigenvalue weighted by molar-refractivity contribution is 4.87. The molecule has 0 aromatic heterocycles. The maximum absolute atomic E-state index is 6.08. The fraction of sp³-hybridized carbons (Fsp3) is 1.00. The Labute approximate surface area is 150 Å². The summed E-state index contributed by atoms with van der Waals surface area (Å²) in [5.74, 6) is 1.69. The van der Waals surface area contributed by atoms with Crippen LogP contribution in [0.2, 0.25) is 0 Å². The van der Waals surface area contributed by atoms with Crippen molar-refractivity contribution in [2.24, 2.45) is 11.8 Å². The molecule has 0 N–H and O–H groups in total. The lowest BCUT2D eigenvalue weighted by molar-refractivity contribution is -0.117. The molecule has 1 aliphatic heterocycles. The van der Waals surface area contributed by atoms with Gasteiger partial charge in [-0.2, -0.15) is 0 Å². The summed E-state index contributed by atoms with van der Waals surface area (Å²) in [6.45, 7) is 18.8. The van der Waals surface area contributed by atoms with Crippen LogP contribution in [0.1, 0.15) is 80.6 Å². The molecule has 1 aliphatic carbocycles. The van der Waals surface area contributed by atoms with Gasteiger partial charge in [-0.1, -0.05) is 0 Å². The van der Waals surface area contributed by atoms with Crippen LogP contribution in [-0.2, 0) is 9.47 Å². The van der Waals surface area contributed by atoms with E-state index >= 15 is 0 Å². The molecular formula is C21H41NO2. The van der Waals surface area contributed by atoms with Gasteiger partial charge in [-0.25, -0.2) is 0 Å². The maximum atomic E-state index is 6.08. The molecule has 2 fully saturated rings. The number of hydrogen-bond acceptors (Lipinski definition) is 3. The Morgan fingerprint density at radius 3 is 2.12 bits per heavy atom. The first kappa shape index (κ1) is 20.2. The second kappa shape index (κ2) is 8.05. The average molecular weight is 340 g/mol. The highest BCUT2D eigenvalue weighted by atomic mass is 16.5. The van der Waals surface area contributed by atoms with E-state index in [4.69, 9.17) is 9.47 Å². The number of nitrogens with zero attached hydrogens (tertiary/aromatic N) is 1. The summed E-state index contributed by atoms with van der Waals surface area (Å²) in [6, 6.07) is 0.723. The zero-order valence-electron chi connectivity index (χ0n) is 17.2. The highest BCUT2D eigenvalue weighted by Crippen LogP contribution is 2.35. The summed E-state index contributed by atoms with van der Waals surface area (Å²) in [4.78, 5) is 2.72. The Balaban J connectivity index is 1.62. The minimum Gasteiger partial charge on any atom is -0.376 e. The molecule has 0 amide bonds. The Morgan fingerprint density at radius 1 is 0.917 bits per heavy atom. The van der Waals surface area contributed by atoms with Gasteiger partial charge in [0.2, 0.25) is 0 Å². The molecule has 1 saturated heterocycles. The van der Waals surface area contributed by atoms with Crippen molar-refractivity contribution in [2.45, 2.75) is 104 Å². The molecule has 1 heterocycles.